The van der Waals surface area contributed by atoms with Gasteiger partial charge in [-0.3, -0.25) is 0 Å². The molecule has 108 valence electrons. The molecule has 1 aromatic rings. The van der Waals surface area contributed by atoms with Gasteiger partial charge in [0.05, 0.1) is 0 Å². The van der Waals surface area contributed by atoms with E-state index < -0.39 is 0 Å². The van der Waals surface area contributed by atoms with E-state index in [1.807, 2.05) is 18.7 Å². The largest absolute Gasteiger partial charge is 0.313 e. The first kappa shape index (κ1) is 16.4. The van der Waals surface area contributed by atoms with Crippen LogP contribution in [0, 0.1) is 11.6 Å². The van der Waals surface area contributed by atoms with Crippen LogP contribution in [0.4, 0.5) is 8.78 Å². The second kappa shape index (κ2) is 7.25. The lowest BCUT2D eigenvalue weighted by molar-refractivity contribution is 0.536. The minimum atomic E-state index is -0.380. The number of halogens is 2. The van der Waals surface area contributed by atoms with Gasteiger partial charge in [0, 0.05) is 16.5 Å². The summed E-state index contributed by atoms with van der Waals surface area (Å²) in [4.78, 5) is 0. The minimum Gasteiger partial charge on any atom is -0.313 e. The number of thioether (sulfide) groups is 1. The predicted octanol–water partition coefficient (Wildman–Crippen LogP) is 4.02. The van der Waals surface area contributed by atoms with Crippen LogP contribution in [0.1, 0.15) is 33.3 Å². The van der Waals surface area contributed by atoms with Gasteiger partial charge in [0.1, 0.15) is 11.6 Å². The molecule has 1 atom stereocenters. The Morgan fingerprint density at radius 1 is 1.26 bits per heavy atom. The van der Waals surface area contributed by atoms with Gasteiger partial charge in [-0.2, -0.15) is 11.8 Å². The Hall–Kier alpha value is -0.610. The highest BCUT2D eigenvalue weighted by molar-refractivity contribution is 8.00. The zero-order chi connectivity index (χ0) is 14.5. The standard InChI is InChI=1S/C15H23F2NS/c1-5-18-13(10-19-15(2,3)4)9-11-8-12(16)6-7-14(11)17/h6-8,13,18H,5,9-10H2,1-4H3. The van der Waals surface area contributed by atoms with Gasteiger partial charge in [0.2, 0.25) is 0 Å². The van der Waals surface area contributed by atoms with Crippen LogP contribution >= 0.6 is 11.8 Å². The molecule has 0 heterocycles. The average molecular weight is 287 g/mol. The summed E-state index contributed by atoms with van der Waals surface area (Å²) in [6, 6.07) is 3.81. The molecule has 1 rings (SSSR count). The molecular weight excluding hydrogens is 264 g/mol. The first-order valence-corrected chi connectivity index (χ1v) is 7.61. The first-order chi connectivity index (χ1) is 8.81. The van der Waals surface area contributed by atoms with Crippen LogP contribution in [-0.2, 0) is 6.42 Å². The topological polar surface area (TPSA) is 12.0 Å². The third-order valence-electron chi connectivity index (χ3n) is 2.68. The highest BCUT2D eigenvalue weighted by Crippen LogP contribution is 2.25. The van der Waals surface area contributed by atoms with Gasteiger partial charge < -0.3 is 5.32 Å². The lowest BCUT2D eigenvalue weighted by Crippen LogP contribution is -2.34. The third kappa shape index (κ3) is 6.39. The van der Waals surface area contributed by atoms with E-state index in [4.69, 9.17) is 0 Å². The molecule has 1 unspecified atom stereocenters. The van der Waals surface area contributed by atoms with E-state index in [1.54, 1.807) is 0 Å². The summed E-state index contributed by atoms with van der Waals surface area (Å²) in [7, 11) is 0. The molecule has 0 aliphatic carbocycles. The van der Waals surface area contributed by atoms with E-state index in [9.17, 15) is 8.78 Å². The summed E-state index contributed by atoms with van der Waals surface area (Å²) in [6.07, 6.45) is 0.514. The molecule has 0 spiro atoms. The SMILES string of the molecule is CCNC(CSC(C)(C)C)Cc1cc(F)ccc1F. The molecule has 1 nitrogen and oxygen atoms in total. The fourth-order valence-corrected chi connectivity index (χ4v) is 2.73. The molecule has 19 heavy (non-hydrogen) atoms. The summed E-state index contributed by atoms with van der Waals surface area (Å²) < 4.78 is 27.0. The van der Waals surface area contributed by atoms with Crippen molar-refractivity contribution < 1.29 is 8.78 Å². The maximum absolute atomic E-state index is 13.6. The van der Waals surface area contributed by atoms with E-state index in [2.05, 4.69) is 26.1 Å². The zero-order valence-electron chi connectivity index (χ0n) is 12.1. The number of nitrogens with one attached hydrogen (secondary N) is 1. The van der Waals surface area contributed by atoms with Crippen molar-refractivity contribution in [3.05, 3.63) is 35.4 Å². The van der Waals surface area contributed by atoms with Gasteiger partial charge in [-0.15, -0.1) is 0 Å². The van der Waals surface area contributed by atoms with Crippen molar-refractivity contribution in [2.75, 3.05) is 12.3 Å². The molecule has 0 amide bonds. The molecule has 0 saturated heterocycles. The van der Waals surface area contributed by atoms with Gasteiger partial charge >= 0.3 is 0 Å². The molecule has 1 N–H and O–H groups in total. The summed E-state index contributed by atoms with van der Waals surface area (Å²) in [5.41, 5.74) is 0.445. The minimum absolute atomic E-state index is 0.158. The first-order valence-electron chi connectivity index (χ1n) is 6.63. The third-order valence-corrected chi connectivity index (χ3v) is 4.12. The fraction of sp³-hybridized carbons (Fsp3) is 0.600. The van der Waals surface area contributed by atoms with E-state index in [0.717, 1.165) is 18.4 Å². The van der Waals surface area contributed by atoms with Crippen LogP contribution < -0.4 is 5.32 Å². The van der Waals surface area contributed by atoms with Gasteiger partial charge in [-0.05, 0) is 36.7 Å². The second-order valence-corrected chi connectivity index (χ2v) is 7.46. The maximum atomic E-state index is 13.6. The lowest BCUT2D eigenvalue weighted by atomic mass is 10.1. The van der Waals surface area contributed by atoms with Crippen molar-refractivity contribution in [2.45, 2.75) is 44.9 Å². The van der Waals surface area contributed by atoms with E-state index >= 15 is 0 Å². The molecule has 0 fully saturated rings. The number of likely N-dealkylation sites (N-methyl/N-ethyl adjacent to an activating group) is 1. The zero-order valence-corrected chi connectivity index (χ0v) is 12.9. The Kier molecular flexibility index (Phi) is 6.27. The van der Waals surface area contributed by atoms with Crippen molar-refractivity contribution >= 4 is 11.8 Å². The van der Waals surface area contributed by atoms with Gasteiger partial charge in [-0.1, -0.05) is 27.7 Å². The van der Waals surface area contributed by atoms with E-state index in [1.165, 1.54) is 12.1 Å². The number of rotatable bonds is 6. The van der Waals surface area contributed by atoms with Crippen LogP contribution in [0.15, 0.2) is 18.2 Å². The highest BCUT2D eigenvalue weighted by Gasteiger charge is 2.17. The molecule has 0 radical (unpaired) electrons. The normalized spacial score (nSPS) is 13.6. The Bertz CT molecular complexity index is 402. The van der Waals surface area contributed by atoms with Crippen molar-refractivity contribution in [2.24, 2.45) is 0 Å². The van der Waals surface area contributed by atoms with Gasteiger partial charge in [0.25, 0.3) is 0 Å². The molecule has 0 saturated carbocycles. The Balaban J connectivity index is 2.69. The maximum Gasteiger partial charge on any atom is 0.126 e. The van der Waals surface area contributed by atoms with E-state index in [-0.39, 0.29) is 22.4 Å². The van der Waals surface area contributed by atoms with Crippen molar-refractivity contribution in [3.63, 3.8) is 0 Å². The summed E-state index contributed by atoms with van der Waals surface area (Å²) >= 11 is 1.83. The van der Waals surface area contributed by atoms with Crippen molar-refractivity contribution in [3.8, 4) is 0 Å². The van der Waals surface area contributed by atoms with Gasteiger partial charge in [-0.25, -0.2) is 8.78 Å². The molecule has 0 bridgehead atoms. The monoisotopic (exact) mass is 287 g/mol. The Labute approximate surface area is 119 Å². The smallest absolute Gasteiger partial charge is 0.126 e. The molecule has 4 heteroatoms. The predicted molar refractivity (Wildman–Crippen MR) is 79.7 cm³/mol. The van der Waals surface area contributed by atoms with Gasteiger partial charge in [0.15, 0.2) is 0 Å². The van der Waals surface area contributed by atoms with Crippen LogP contribution in [0.3, 0.4) is 0 Å². The summed E-state index contributed by atoms with van der Waals surface area (Å²) in [5.74, 6) is 0.174. The second-order valence-electron chi connectivity index (χ2n) is 5.62. The van der Waals surface area contributed by atoms with Crippen LogP contribution in [-0.4, -0.2) is 23.1 Å². The quantitative estimate of drug-likeness (QED) is 0.848. The number of hydrogen-bond acceptors (Lipinski definition) is 2. The molecule has 0 aliphatic heterocycles. The van der Waals surface area contributed by atoms with Crippen LogP contribution in [0.2, 0.25) is 0 Å². The van der Waals surface area contributed by atoms with Crippen molar-refractivity contribution in [1.29, 1.82) is 0 Å². The van der Waals surface area contributed by atoms with Crippen LogP contribution in [0.5, 0.6) is 0 Å². The fourth-order valence-electron chi connectivity index (χ4n) is 1.79. The van der Waals surface area contributed by atoms with Crippen molar-refractivity contribution in [1.82, 2.24) is 5.32 Å². The van der Waals surface area contributed by atoms with E-state index in [0.29, 0.717) is 12.0 Å². The number of hydrogen-bond donors (Lipinski definition) is 1. The Morgan fingerprint density at radius 3 is 2.53 bits per heavy atom. The Morgan fingerprint density at radius 2 is 1.95 bits per heavy atom. The number of benzene rings is 1. The molecular formula is C15H23F2NS. The highest BCUT2D eigenvalue weighted by atomic mass is 32.2. The summed E-state index contributed by atoms with van der Waals surface area (Å²) in [6.45, 7) is 9.32. The average Bonchev–Trinajstić information content (AvgIpc) is 2.30. The molecule has 1 aromatic carbocycles. The molecule has 0 aromatic heterocycles. The lowest BCUT2D eigenvalue weighted by Gasteiger charge is -2.23. The summed E-state index contributed by atoms with van der Waals surface area (Å²) in [5, 5.41) is 3.34. The van der Waals surface area contributed by atoms with Crippen LogP contribution in [0.25, 0.3) is 0 Å². The molecule has 0 aliphatic rings.